The Labute approximate surface area is 253 Å². The summed E-state index contributed by atoms with van der Waals surface area (Å²) in [6.45, 7) is 10.7. The van der Waals surface area contributed by atoms with Crippen molar-refractivity contribution in [2.45, 2.75) is 45.3 Å². The second kappa shape index (κ2) is 12.8. The molecule has 2 heterocycles. The molecule has 1 aliphatic rings. The van der Waals surface area contributed by atoms with E-state index in [0.29, 0.717) is 39.2 Å². The van der Waals surface area contributed by atoms with Gasteiger partial charge in [-0.05, 0) is 71.2 Å². The van der Waals surface area contributed by atoms with Gasteiger partial charge in [0.25, 0.3) is 0 Å². The minimum absolute atomic E-state index is 0.123. The van der Waals surface area contributed by atoms with Crippen molar-refractivity contribution in [2.24, 2.45) is 0 Å². The van der Waals surface area contributed by atoms with Crippen molar-refractivity contribution in [1.29, 1.82) is 0 Å². The fourth-order valence-electron chi connectivity index (χ4n) is 4.79. The van der Waals surface area contributed by atoms with Crippen LogP contribution in [0.25, 0.3) is 0 Å². The molecule has 1 aromatic heterocycles. The maximum Gasteiger partial charge on any atom is 0.410 e. The quantitative estimate of drug-likeness (QED) is 0.268. The molecule has 1 fully saturated rings. The van der Waals surface area contributed by atoms with Gasteiger partial charge in [0.05, 0.1) is 24.7 Å². The molecule has 10 nitrogen and oxygen atoms in total. The molecule has 1 amide bonds. The van der Waals surface area contributed by atoms with Gasteiger partial charge in [0.2, 0.25) is 5.95 Å². The van der Waals surface area contributed by atoms with Gasteiger partial charge in [-0.3, -0.25) is 0 Å². The normalized spacial score (nSPS) is 14.3. The minimum atomic E-state index is -2.53. The molecule has 42 heavy (non-hydrogen) atoms. The molecule has 0 saturated carbocycles. The number of carbonyl (C=O) groups is 1. The molecule has 0 aliphatic carbocycles. The maximum absolute atomic E-state index is 12.8. The lowest BCUT2D eigenvalue weighted by Crippen LogP contribution is -2.47. The highest BCUT2D eigenvalue weighted by molar-refractivity contribution is 7.70. The lowest BCUT2D eigenvalue weighted by Gasteiger charge is -2.38. The first-order valence-corrected chi connectivity index (χ1v) is 16.8. The predicted molar refractivity (Wildman–Crippen MR) is 171 cm³/mol. The van der Waals surface area contributed by atoms with Crippen molar-refractivity contribution >= 4 is 59.0 Å². The van der Waals surface area contributed by atoms with Gasteiger partial charge in [-0.2, -0.15) is 4.98 Å². The number of halogens is 1. The fraction of sp³-hybridized carbons (Fsp3) is 0.433. The van der Waals surface area contributed by atoms with Crippen LogP contribution in [0.1, 0.15) is 33.6 Å². The number of anilines is 5. The van der Waals surface area contributed by atoms with Crippen molar-refractivity contribution < 1.29 is 18.8 Å². The Bertz CT molecular complexity index is 1470. The Hall–Kier alpha value is -3.49. The van der Waals surface area contributed by atoms with Gasteiger partial charge < -0.3 is 34.5 Å². The number of piperidine rings is 1. The summed E-state index contributed by atoms with van der Waals surface area (Å²) in [5, 5.41) is 7.49. The van der Waals surface area contributed by atoms with Crippen LogP contribution in [0.2, 0.25) is 5.02 Å². The van der Waals surface area contributed by atoms with E-state index in [1.54, 1.807) is 25.3 Å². The second-order valence-electron chi connectivity index (χ2n) is 11.7. The largest absolute Gasteiger partial charge is 0.494 e. The zero-order valence-electron chi connectivity index (χ0n) is 25.3. The van der Waals surface area contributed by atoms with Gasteiger partial charge in [0.15, 0.2) is 5.82 Å². The predicted octanol–water partition coefficient (Wildman–Crippen LogP) is 6.71. The Balaban J connectivity index is 1.45. The van der Waals surface area contributed by atoms with Gasteiger partial charge in [0.1, 0.15) is 23.5 Å². The van der Waals surface area contributed by atoms with Crippen LogP contribution in [-0.4, -0.2) is 73.2 Å². The van der Waals surface area contributed by atoms with Crippen molar-refractivity contribution in [3.05, 3.63) is 53.7 Å². The van der Waals surface area contributed by atoms with E-state index < -0.39 is 12.7 Å². The van der Waals surface area contributed by atoms with E-state index in [0.717, 1.165) is 31.6 Å². The zero-order chi connectivity index (χ0) is 30.7. The van der Waals surface area contributed by atoms with Gasteiger partial charge in [-0.25, -0.2) is 9.78 Å². The first-order chi connectivity index (χ1) is 19.7. The van der Waals surface area contributed by atoms with Crippen LogP contribution in [0, 0.1) is 0 Å². The lowest BCUT2D eigenvalue weighted by molar-refractivity contribution is 0.0201. The van der Waals surface area contributed by atoms with Crippen LogP contribution in [0.4, 0.5) is 33.6 Å². The Morgan fingerprint density at radius 1 is 1.10 bits per heavy atom. The molecule has 1 aliphatic heterocycles. The molecule has 2 aromatic carbocycles. The van der Waals surface area contributed by atoms with Gasteiger partial charge in [-0.15, -0.1) is 0 Å². The number of rotatable bonds is 8. The second-order valence-corrected chi connectivity index (χ2v) is 15.3. The Morgan fingerprint density at radius 3 is 2.43 bits per heavy atom. The molecular formula is C30H40ClN6O4P. The molecule has 0 unspecified atom stereocenters. The summed E-state index contributed by atoms with van der Waals surface area (Å²) in [5.74, 6) is 1.36. The van der Waals surface area contributed by atoms with Gasteiger partial charge in [-0.1, -0.05) is 23.7 Å². The summed E-state index contributed by atoms with van der Waals surface area (Å²) in [4.78, 5) is 25.4. The average molecular weight is 615 g/mol. The van der Waals surface area contributed by atoms with E-state index in [-0.39, 0.29) is 12.1 Å². The van der Waals surface area contributed by atoms with E-state index in [1.807, 2.05) is 70.3 Å². The van der Waals surface area contributed by atoms with Crippen LogP contribution in [0.3, 0.4) is 0 Å². The number of benzene rings is 2. The van der Waals surface area contributed by atoms with E-state index in [4.69, 9.17) is 21.1 Å². The summed E-state index contributed by atoms with van der Waals surface area (Å²) in [5.41, 5.74) is 1.88. The summed E-state index contributed by atoms with van der Waals surface area (Å²) >= 11 is 6.41. The lowest BCUT2D eigenvalue weighted by atomic mass is 10.0. The molecule has 4 rings (SSSR count). The molecule has 226 valence electrons. The zero-order valence-corrected chi connectivity index (χ0v) is 26.9. The number of hydrogen-bond acceptors (Lipinski definition) is 9. The molecule has 3 aromatic rings. The van der Waals surface area contributed by atoms with Crippen LogP contribution in [0.15, 0.2) is 48.7 Å². The highest BCUT2D eigenvalue weighted by atomic mass is 35.5. The van der Waals surface area contributed by atoms with Crippen LogP contribution < -0.4 is 25.6 Å². The average Bonchev–Trinajstić information content (AvgIpc) is 2.93. The molecular weight excluding hydrogens is 575 g/mol. The standard InChI is InChI=1S/C30H40ClN6O4P/c1-30(2,3)41-29(38)36(4)20-14-16-37(17-15-20)21-12-13-23(25(18-21)40-5)34-28-32-19-22(31)27(35-28)33-24-10-8-9-11-26(24)42(6,7)39/h8-13,18-20H,14-17H2,1-7H3,(H2,32,33,34,35). The topological polar surface area (TPSA) is 109 Å². The summed E-state index contributed by atoms with van der Waals surface area (Å²) < 4.78 is 24.0. The van der Waals surface area contributed by atoms with Crippen LogP contribution in [-0.2, 0) is 9.30 Å². The molecule has 12 heteroatoms. The summed E-state index contributed by atoms with van der Waals surface area (Å²) in [7, 11) is 0.895. The number of nitrogens with one attached hydrogen (secondary N) is 2. The Kier molecular flexibility index (Phi) is 9.58. The van der Waals surface area contributed by atoms with Crippen molar-refractivity contribution in [3.63, 3.8) is 0 Å². The maximum atomic E-state index is 12.8. The highest BCUT2D eigenvalue weighted by Crippen LogP contribution is 2.39. The third-order valence-electron chi connectivity index (χ3n) is 6.97. The fourth-order valence-corrected chi connectivity index (χ4v) is 6.08. The van der Waals surface area contributed by atoms with Crippen LogP contribution in [0.5, 0.6) is 5.75 Å². The van der Waals surface area contributed by atoms with E-state index in [1.165, 1.54) is 6.20 Å². The number of methoxy groups -OCH3 is 1. The first-order valence-electron chi connectivity index (χ1n) is 13.8. The number of amides is 1. The first kappa shape index (κ1) is 31.4. The van der Waals surface area contributed by atoms with Gasteiger partial charge >= 0.3 is 6.09 Å². The number of aromatic nitrogens is 2. The molecule has 0 bridgehead atoms. The summed E-state index contributed by atoms with van der Waals surface area (Å²) in [6.07, 6.45) is 2.89. The molecule has 0 atom stereocenters. The highest BCUT2D eigenvalue weighted by Gasteiger charge is 2.29. The van der Waals surface area contributed by atoms with Crippen molar-refractivity contribution in [2.75, 3.05) is 56.1 Å². The number of carbonyl (C=O) groups excluding carboxylic acids is 1. The number of hydrogen-bond donors (Lipinski definition) is 2. The third-order valence-corrected chi connectivity index (χ3v) is 8.80. The van der Waals surface area contributed by atoms with E-state index in [2.05, 4.69) is 25.5 Å². The number of nitrogens with zero attached hydrogens (tertiary/aromatic N) is 4. The van der Waals surface area contributed by atoms with E-state index in [9.17, 15) is 9.36 Å². The molecule has 0 spiro atoms. The molecule has 1 saturated heterocycles. The van der Waals surface area contributed by atoms with Crippen molar-refractivity contribution in [3.8, 4) is 5.75 Å². The number of ether oxygens (including phenoxy) is 2. The van der Waals surface area contributed by atoms with E-state index >= 15 is 0 Å². The molecule has 0 radical (unpaired) electrons. The number of para-hydroxylation sites is 1. The van der Waals surface area contributed by atoms with Gasteiger partial charge in [0, 0.05) is 43.2 Å². The summed E-state index contributed by atoms with van der Waals surface area (Å²) in [6, 6.07) is 13.5. The van der Waals surface area contributed by atoms with Crippen molar-refractivity contribution in [1.82, 2.24) is 14.9 Å². The smallest absolute Gasteiger partial charge is 0.410 e. The third kappa shape index (κ3) is 7.86. The minimum Gasteiger partial charge on any atom is -0.494 e. The monoisotopic (exact) mass is 614 g/mol. The molecule has 2 N–H and O–H groups in total. The SMILES string of the molecule is COc1cc(N2CCC(N(C)C(=O)OC(C)(C)C)CC2)ccc1Nc1ncc(Cl)c(Nc2ccccc2P(C)(C)=O)n1. The Morgan fingerprint density at radius 2 is 1.79 bits per heavy atom. The van der Waals surface area contributed by atoms with Crippen LogP contribution >= 0.6 is 18.7 Å².